The molecule has 0 bridgehead atoms. The number of amides is 2. The number of anilines is 1. The molecular weight excluding hydrogens is 471 g/mol. The van der Waals surface area contributed by atoms with Crippen LogP contribution >= 0.6 is 35.4 Å². The zero-order valence-electron chi connectivity index (χ0n) is 16.7. The predicted molar refractivity (Wildman–Crippen MR) is 128 cm³/mol. The maximum atomic E-state index is 13.2. The van der Waals surface area contributed by atoms with Gasteiger partial charge in [0.15, 0.2) is 5.11 Å². The number of thiocarbonyl (C=S) groups is 1. The van der Waals surface area contributed by atoms with Crippen molar-refractivity contribution in [2.45, 2.75) is 6.92 Å². The quantitative estimate of drug-likeness (QED) is 0.293. The van der Waals surface area contributed by atoms with Gasteiger partial charge in [-0.05, 0) is 67.7 Å². The van der Waals surface area contributed by atoms with Crippen molar-refractivity contribution >= 4 is 64.1 Å². The zero-order valence-corrected chi connectivity index (χ0v) is 19.1. The molecule has 2 heterocycles. The van der Waals surface area contributed by atoms with E-state index in [1.54, 1.807) is 54.6 Å². The van der Waals surface area contributed by atoms with E-state index in [1.807, 2.05) is 6.92 Å². The molecule has 0 unspecified atom stereocenters. The molecule has 1 N–H and O–H groups in total. The summed E-state index contributed by atoms with van der Waals surface area (Å²) in [7, 11) is 0. The Morgan fingerprint density at radius 3 is 2.66 bits per heavy atom. The number of halogens is 2. The summed E-state index contributed by atoms with van der Waals surface area (Å²) in [6.45, 7) is 2.34. The molecule has 1 fully saturated rings. The fourth-order valence-electron chi connectivity index (χ4n) is 3.15. The van der Waals surface area contributed by atoms with Crippen molar-refractivity contribution in [3.63, 3.8) is 0 Å². The first-order valence-electron chi connectivity index (χ1n) is 9.57. The van der Waals surface area contributed by atoms with Crippen molar-refractivity contribution in [3.05, 3.63) is 76.0 Å². The second-order valence-corrected chi connectivity index (χ2v) is 7.92. The lowest BCUT2D eigenvalue weighted by atomic mass is 10.1. The van der Waals surface area contributed by atoms with Crippen LogP contribution in [0.4, 0.5) is 5.69 Å². The van der Waals surface area contributed by atoms with Crippen LogP contribution in [0.3, 0.4) is 0 Å². The second-order valence-electron chi connectivity index (χ2n) is 6.72. The summed E-state index contributed by atoms with van der Waals surface area (Å²) < 4.78 is 11.3. The summed E-state index contributed by atoms with van der Waals surface area (Å²) in [4.78, 5) is 26.9. The standard InChI is InChI=1S/C23H16Cl2N2O4S/c1-2-30-15-5-3-4-14(11-15)27-22(29)17(21(28)26-23(27)32)12-16-7-9-20(31-16)13-6-8-18(24)19(25)10-13/h3-12H,2H2,1H3,(H,26,28,32)/b17-12-. The second kappa shape index (κ2) is 9.16. The van der Waals surface area contributed by atoms with Crippen molar-refractivity contribution < 1.29 is 18.7 Å². The third-order valence-electron chi connectivity index (χ3n) is 4.61. The van der Waals surface area contributed by atoms with Crippen LogP contribution in [0.2, 0.25) is 10.0 Å². The summed E-state index contributed by atoms with van der Waals surface area (Å²) in [6, 6.07) is 15.3. The molecule has 9 heteroatoms. The third kappa shape index (κ3) is 4.41. The van der Waals surface area contributed by atoms with E-state index in [0.717, 1.165) is 0 Å². The molecule has 0 atom stereocenters. The van der Waals surface area contributed by atoms with Gasteiger partial charge in [0.2, 0.25) is 0 Å². The van der Waals surface area contributed by atoms with E-state index in [0.29, 0.717) is 45.2 Å². The number of rotatable bonds is 5. The lowest BCUT2D eigenvalue weighted by molar-refractivity contribution is -0.122. The Kier molecular flexibility index (Phi) is 6.32. The summed E-state index contributed by atoms with van der Waals surface area (Å²) >= 11 is 17.3. The topological polar surface area (TPSA) is 71.8 Å². The normalized spacial score (nSPS) is 15.3. The highest BCUT2D eigenvalue weighted by Gasteiger charge is 2.35. The molecule has 1 saturated heterocycles. The predicted octanol–water partition coefficient (Wildman–Crippen LogP) is 5.48. The van der Waals surface area contributed by atoms with Gasteiger partial charge in [0.25, 0.3) is 11.8 Å². The van der Waals surface area contributed by atoms with E-state index in [9.17, 15) is 9.59 Å². The van der Waals surface area contributed by atoms with E-state index in [1.165, 1.54) is 11.0 Å². The van der Waals surface area contributed by atoms with Crippen LogP contribution < -0.4 is 15.0 Å². The monoisotopic (exact) mass is 486 g/mol. The van der Waals surface area contributed by atoms with Gasteiger partial charge in [-0.25, -0.2) is 0 Å². The summed E-state index contributed by atoms with van der Waals surface area (Å²) in [6.07, 6.45) is 1.37. The summed E-state index contributed by atoms with van der Waals surface area (Å²) in [5.74, 6) is 0.237. The van der Waals surface area contributed by atoms with Gasteiger partial charge in [-0.15, -0.1) is 0 Å². The average Bonchev–Trinajstić information content (AvgIpc) is 3.22. The molecule has 1 aliphatic rings. The molecule has 32 heavy (non-hydrogen) atoms. The molecule has 3 aromatic rings. The molecule has 0 radical (unpaired) electrons. The molecule has 4 rings (SSSR count). The van der Waals surface area contributed by atoms with Crippen LogP contribution in [0, 0.1) is 0 Å². The minimum atomic E-state index is -0.607. The Labute approximate surface area is 199 Å². The number of carbonyl (C=O) groups is 2. The number of furan rings is 1. The van der Waals surface area contributed by atoms with E-state index < -0.39 is 11.8 Å². The molecular formula is C23H16Cl2N2O4S. The molecule has 2 aromatic carbocycles. The SMILES string of the molecule is CCOc1cccc(N2C(=O)/C(=C\c3ccc(-c4ccc(Cl)c(Cl)c4)o3)C(=O)NC2=S)c1. The van der Waals surface area contributed by atoms with Gasteiger partial charge in [0, 0.05) is 11.6 Å². The highest BCUT2D eigenvalue weighted by molar-refractivity contribution is 7.80. The zero-order chi connectivity index (χ0) is 22.8. The number of carbonyl (C=O) groups excluding carboxylic acids is 2. The van der Waals surface area contributed by atoms with Crippen LogP contribution in [-0.2, 0) is 9.59 Å². The third-order valence-corrected chi connectivity index (χ3v) is 5.63. The first kappa shape index (κ1) is 22.1. The van der Waals surface area contributed by atoms with E-state index in [2.05, 4.69) is 5.32 Å². The Balaban J connectivity index is 1.66. The van der Waals surface area contributed by atoms with Crippen LogP contribution in [-0.4, -0.2) is 23.5 Å². The molecule has 0 spiro atoms. The van der Waals surface area contributed by atoms with Gasteiger partial charge >= 0.3 is 0 Å². The largest absolute Gasteiger partial charge is 0.494 e. The Bertz CT molecular complexity index is 1270. The van der Waals surface area contributed by atoms with Crippen LogP contribution in [0.15, 0.2) is 64.6 Å². The first-order valence-corrected chi connectivity index (χ1v) is 10.7. The lowest BCUT2D eigenvalue weighted by Gasteiger charge is -2.29. The molecule has 2 amide bonds. The van der Waals surface area contributed by atoms with E-state index in [4.69, 9.17) is 44.6 Å². The summed E-state index contributed by atoms with van der Waals surface area (Å²) in [5.41, 5.74) is 1.07. The van der Waals surface area contributed by atoms with Crippen LogP contribution in [0.1, 0.15) is 12.7 Å². The number of nitrogens with one attached hydrogen (secondary N) is 1. The van der Waals surface area contributed by atoms with Gasteiger partial charge in [-0.1, -0.05) is 29.3 Å². The molecule has 1 aromatic heterocycles. The van der Waals surface area contributed by atoms with Crippen LogP contribution in [0.5, 0.6) is 5.75 Å². The fraction of sp³-hybridized carbons (Fsp3) is 0.0870. The molecule has 162 valence electrons. The Hall–Kier alpha value is -3.13. The molecule has 1 aliphatic heterocycles. The minimum absolute atomic E-state index is 0.0123. The van der Waals surface area contributed by atoms with Gasteiger partial charge in [0.1, 0.15) is 22.8 Å². The first-order chi connectivity index (χ1) is 15.4. The molecule has 0 aliphatic carbocycles. The number of ether oxygens (including phenoxy) is 1. The van der Waals surface area contributed by atoms with Gasteiger partial charge in [-0.2, -0.15) is 0 Å². The Morgan fingerprint density at radius 1 is 1.09 bits per heavy atom. The van der Waals surface area contributed by atoms with Gasteiger partial charge in [0.05, 0.1) is 22.3 Å². The molecule has 0 saturated carbocycles. The van der Waals surface area contributed by atoms with Crippen molar-refractivity contribution in [3.8, 4) is 17.1 Å². The van der Waals surface area contributed by atoms with Crippen LogP contribution in [0.25, 0.3) is 17.4 Å². The minimum Gasteiger partial charge on any atom is -0.494 e. The smallest absolute Gasteiger partial charge is 0.270 e. The highest BCUT2D eigenvalue weighted by Crippen LogP contribution is 2.31. The Morgan fingerprint density at radius 2 is 1.91 bits per heavy atom. The fourth-order valence-corrected chi connectivity index (χ4v) is 3.73. The maximum absolute atomic E-state index is 13.2. The van der Waals surface area contributed by atoms with Gasteiger partial charge in [-0.3, -0.25) is 19.8 Å². The van der Waals surface area contributed by atoms with E-state index >= 15 is 0 Å². The average molecular weight is 487 g/mol. The van der Waals surface area contributed by atoms with E-state index in [-0.39, 0.29) is 10.7 Å². The number of benzene rings is 2. The van der Waals surface area contributed by atoms with Gasteiger partial charge < -0.3 is 9.15 Å². The van der Waals surface area contributed by atoms with Crippen molar-refractivity contribution in [1.82, 2.24) is 5.32 Å². The van der Waals surface area contributed by atoms with Crippen molar-refractivity contribution in [2.75, 3.05) is 11.5 Å². The van der Waals surface area contributed by atoms with Crippen molar-refractivity contribution in [2.24, 2.45) is 0 Å². The lowest BCUT2D eigenvalue weighted by Crippen LogP contribution is -2.54. The maximum Gasteiger partial charge on any atom is 0.270 e. The number of hydrogen-bond acceptors (Lipinski definition) is 5. The van der Waals surface area contributed by atoms with Crippen molar-refractivity contribution in [1.29, 1.82) is 0 Å². The number of nitrogens with zero attached hydrogens (tertiary/aromatic N) is 1. The number of hydrogen-bond donors (Lipinski definition) is 1. The summed E-state index contributed by atoms with van der Waals surface area (Å²) in [5, 5.41) is 3.35. The highest BCUT2D eigenvalue weighted by atomic mass is 35.5. The molecule has 6 nitrogen and oxygen atoms in total.